The minimum absolute atomic E-state index is 0.150. The van der Waals surface area contributed by atoms with Gasteiger partial charge in [0.1, 0.15) is 5.75 Å². The van der Waals surface area contributed by atoms with Gasteiger partial charge in [0.2, 0.25) is 10.0 Å². The fourth-order valence-electron chi connectivity index (χ4n) is 1.63. The maximum atomic E-state index is 12.1. The number of rotatable bonds is 8. The zero-order valence-electron chi connectivity index (χ0n) is 11.2. The van der Waals surface area contributed by atoms with Gasteiger partial charge in [-0.25, -0.2) is 13.1 Å². The molecule has 9 heteroatoms. The van der Waals surface area contributed by atoms with Crippen LogP contribution in [-0.4, -0.2) is 32.8 Å². The van der Waals surface area contributed by atoms with Crippen LogP contribution in [0.5, 0.6) is 5.75 Å². The molecule has 0 aromatic heterocycles. The molecule has 0 aliphatic carbocycles. The van der Waals surface area contributed by atoms with E-state index in [-0.39, 0.29) is 28.7 Å². The zero-order valence-corrected chi connectivity index (χ0v) is 12.8. The summed E-state index contributed by atoms with van der Waals surface area (Å²) < 4.78 is 55.0. The first-order valence-electron chi connectivity index (χ1n) is 6.17. The highest BCUT2D eigenvalue weighted by atomic mass is 35.5. The Morgan fingerprint density at radius 1 is 1.43 bits per heavy atom. The largest absolute Gasteiger partial charge is 0.433 e. The zero-order chi connectivity index (χ0) is 16.0. The lowest BCUT2D eigenvalue weighted by atomic mass is 10.2. The Balaban J connectivity index is 2.96. The average molecular weight is 344 g/mol. The van der Waals surface area contributed by atoms with Gasteiger partial charge in [0, 0.05) is 12.6 Å². The van der Waals surface area contributed by atoms with Gasteiger partial charge >= 0.3 is 6.61 Å². The van der Waals surface area contributed by atoms with E-state index in [4.69, 9.17) is 16.7 Å². The van der Waals surface area contributed by atoms with Crippen LogP contribution < -0.4 is 9.46 Å². The molecule has 5 nitrogen and oxygen atoms in total. The van der Waals surface area contributed by atoms with Gasteiger partial charge in [0.15, 0.2) is 0 Å². The summed E-state index contributed by atoms with van der Waals surface area (Å²) in [4.78, 5) is -0.162. The molecule has 0 bridgehead atoms. The fourth-order valence-corrected chi connectivity index (χ4v) is 3.30. The van der Waals surface area contributed by atoms with Crippen LogP contribution >= 0.6 is 11.6 Å². The second-order valence-electron chi connectivity index (χ2n) is 4.21. The van der Waals surface area contributed by atoms with Crippen LogP contribution in [0.25, 0.3) is 0 Å². The van der Waals surface area contributed by atoms with E-state index in [1.54, 1.807) is 6.92 Å². The third kappa shape index (κ3) is 5.39. The molecule has 1 rings (SSSR count). The van der Waals surface area contributed by atoms with Gasteiger partial charge in [-0.3, -0.25) is 0 Å². The number of aliphatic hydroxyl groups is 1. The number of benzene rings is 1. The van der Waals surface area contributed by atoms with E-state index in [1.165, 1.54) is 0 Å². The van der Waals surface area contributed by atoms with Gasteiger partial charge in [0.25, 0.3) is 0 Å². The summed E-state index contributed by atoms with van der Waals surface area (Å²) in [5, 5.41) is 8.63. The molecule has 0 radical (unpaired) electrons. The van der Waals surface area contributed by atoms with Crippen molar-refractivity contribution >= 4 is 21.6 Å². The molecule has 1 aromatic carbocycles. The standard InChI is InChI=1S/C12H16ClF2NO4S/c1-2-8(5-6-17)16-21(18,19)9-3-4-11(10(13)7-9)20-12(14)15/h3-4,7-8,12,16-17H,2,5-6H2,1H3. The van der Waals surface area contributed by atoms with E-state index in [1.807, 2.05) is 0 Å². The lowest BCUT2D eigenvalue weighted by Crippen LogP contribution is -2.35. The molecular weight excluding hydrogens is 328 g/mol. The van der Waals surface area contributed by atoms with Crippen LogP contribution in [-0.2, 0) is 10.0 Å². The number of halogens is 3. The van der Waals surface area contributed by atoms with Crippen LogP contribution in [0.2, 0.25) is 5.02 Å². The predicted molar refractivity (Wildman–Crippen MR) is 74.2 cm³/mol. The Hall–Kier alpha value is -0.960. The third-order valence-electron chi connectivity index (χ3n) is 2.72. The van der Waals surface area contributed by atoms with Crippen molar-refractivity contribution in [3.63, 3.8) is 0 Å². The predicted octanol–water partition coefficient (Wildman–Crippen LogP) is 2.38. The number of aliphatic hydroxyl groups excluding tert-OH is 1. The van der Waals surface area contributed by atoms with Crippen LogP contribution in [0.1, 0.15) is 19.8 Å². The van der Waals surface area contributed by atoms with Gasteiger partial charge in [-0.05, 0) is 31.0 Å². The normalized spacial score (nSPS) is 13.4. The summed E-state index contributed by atoms with van der Waals surface area (Å²) in [5.74, 6) is -0.298. The highest BCUT2D eigenvalue weighted by molar-refractivity contribution is 7.89. The molecule has 1 aromatic rings. The summed E-state index contributed by atoms with van der Waals surface area (Å²) in [5.41, 5.74) is 0. The number of ether oxygens (including phenoxy) is 1. The molecule has 0 heterocycles. The van der Waals surface area contributed by atoms with E-state index in [0.717, 1.165) is 18.2 Å². The molecule has 2 N–H and O–H groups in total. The molecule has 21 heavy (non-hydrogen) atoms. The maximum absolute atomic E-state index is 12.1. The number of alkyl halides is 2. The lowest BCUT2D eigenvalue weighted by Gasteiger charge is -2.16. The van der Waals surface area contributed by atoms with Crippen molar-refractivity contribution in [3.05, 3.63) is 23.2 Å². The summed E-state index contributed by atoms with van der Waals surface area (Å²) in [6.45, 7) is -1.42. The second-order valence-corrected chi connectivity index (χ2v) is 6.33. The van der Waals surface area contributed by atoms with Crippen molar-refractivity contribution in [2.24, 2.45) is 0 Å². The average Bonchev–Trinajstić information content (AvgIpc) is 2.39. The fraction of sp³-hybridized carbons (Fsp3) is 0.500. The maximum Gasteiger partial charge on any atom is 0.387 e. The van der Waals surface area contributed by atoms with E-state index in [9.17, 15) is 17.2 Å². The molecule has 1 unspecified atom stereocenters. The highest BCUT2D eigenvalue weighted by Gasteiger charge is 2.20. The van der Waals surface area contributed by atoms with Gasteiger partial charge in [-0.2, -0.15) is 8.78 Å². The van der Waals surface area contributed by atoms with Crippen LogP contribution in [0.3, 0.4) is 0 Å². The van der Waals surface area contributed by atoms with Crippen molar-refractivity contribution in [1.82, 2.24) is 4.72 Å². The van der Waals surface area contributed by atoms with E-state index >= 15 is 0 Å². The molecule has 0 amide bonds. The van der Waals surface area contributed by atoms with Crippen LogP contribution in [0, 0.1) is 0 Å². The molecule has 0 spiro atoms. The number of nitrogens with one attached hydrogen (secondary N) is 1. The minimum atomic E-state index is -3.85. The van der Waals surface area contributed by atoms with Crippen molar-refractivity contribution in [1.29, 1.82) is 0 Å². The first-order chi connectivity index (χ1) is 9.80. The van der Waals surface area contributed by atoms with E-state index in [2.05, 4.69) is 9.46 Å². The molecule has 0 fully saturated rings. The summed E-state index contributed by atoms with van der Waals surface area (Å²) in [6, 6.07) is 2.80. The number of hydrogen-bond donors (Lipinski definition) is 2. The van der Waals surface area contributed by atoms with Crippen molar-refractivity contribution in [3.8, 4) is 5.75 Å². The Morgan fingerprint density at radius 3 is 2.57 bits per heavy atom. The summed E-state index contributed by atoms with van der Waals surface area (Å²) in [7, 11) is -3.85. The molecule has 0 saturated carbocycles. The van der Waals surface area contributed by atoms with Crippen LogP contribution in [0.15, 0.2) is 23.1 Å². The van der Waals surface area contributed by atoms with Gasteiger partial charge in [0.05, 0.1) is 9.92 Å². The minimum Gasteiger partial charge on any atom is -0.433 e. The van der Waals surface area contributed by atoms with Gasteiger partial charge in [-0.1, -0.05) is 18.5 Å². The van der Waals surface area contributed by atoms with E-state index < -0.39 is 22.7 Å². The molecule has 0 aliphatic heterocycles. The molecule has 0 saturated heterocycles. The molecule has 120 valence electrons. The topological polar surface area (TPSA) is 75.6 Å². The molecule has 1 atom stereocenters. The molecule has 0 aliphatic rings. The number of sulfonamides is 1. The van der Waals surface area contributed by atoms with Crippen molar-refractivity contribution in [2.45, 2.75) is 37.3 Å². The highest BCUT2D eigenvalue weighted by Crippen LogP contribution is 2.28. The first kappa shape index (κ1) is 18.1. The van der Waals surface area contributed by atoms with Crippen molar-refractivity contribution in [2.75, 3.05) is 6.61 Å². The number of hydrogen-bond acceptors (Lipinski definition) is 4. The Bertz CT molecular complexity index is 568. The van der Waals surface area contributed by atoms with Gasteiger partial charge < -0.3 is 9.84 Å². The summed E-state index contributed by atoms with van der Waals surface area (Å²) >= 11 is 5.72. The SMILES string of the molecule is CCC(CCO)NS(=O)(=O)c1ccc(OC(F)F)c(Cl)c1. The Morgan fingerprint density at radius 2 is 2.10 bits per heavy atom. The van der Waals surface area contributed by atoms with Gasteiger partial charge in [-0.15, -0.1) is 0 Å². The second kappa shape index (κ2) is 7.88. The van der Waals surface area contributed by atoms with Crippen molar-refractivity contribution < 1.29 is 27.0 Å². The van der Waals surface area contributed by atoms with E-state index in [0.29, 0.717) is 6.42 Å². The Labute approximate surface area is 126 Å². The lowest BCUT2D eigenvalue weighted by molar-refractivity contribution is -0.0498. The smallest absolute Gasteiger partial charge is 0.387 e. The quantitative estimate of drug-likeness (QED) is 0.760. The monoisotopic (exact) mass is 343 g/mol. The van der Waals surface area contributed by atoms with Crippen LogP contribution in [0.4, 0.5) is 8.78 Å². The Kier molecular flexibility index (Phi) is 6.79. The first-order valence-corrected chi connectivity index (χ1v) is 8.03. The third-order valence-corrected chi connectivity index (χ3v) is 4.54. The summed E-state index contributed by atoms with van der Waals surface area (Å²) in [6.07, 6.45) is 0.774. The molecular formula is C12H16ClF2NO4S.